The lowest BCUT2D eigenvalue weighted by Gasteiger charge is -2.18. The van der Waals surface area contributed by atoms with Crippen molar-refractivity contribution in [3.8, 4) is 5.75 Å². The largest absolute Gasteiger partial charge is 0.494 e. The molecule has 0 radical (unpaired) electrons. The Labute approximate surface area is 160 Å². The molecule has 1 aliphatic carbocycles. The van der Waals surface area contributed by atoms with Crippen LogP contribution in [0.5, 0.6) is 5.75 Å². The number of carbonyl (C=O) groups excluding carboxylic acids is 2. The average Bonchev–Trinajstić information content (AvgIpc) is 3.47. The van der Waals surface area contributed by atoms with Crippen LogP contribution in [0.1, 0.15) is 37.8 Å². The van der Waals surface area contributed by atoms with Gasteiger partial charge in [-0.1, -0.05) is 25.1 Å². The van der Waals surface area contributed by atoms with Gasteiger partial charge in [0.05, 0.1) is 6.61 Å². The summed E-state index contributed by atoms with van der Waals surface area (Å²) in [7, 11) is 0. The van der Waals surface area contributed by atoms with Gasteiger partial charge in [0.15, 0.2) is 0 Å². The Kier molecular flexibility index (Phi) is 5.49. The van der Waals surface area contributed by atoms with Crippen LogP contribution in [-0.4, -0.2) is 18.4 Å². The first-order valence-electron chi connectivity index (χ1n) is 9.44. The summed E-state index contributed by atoms with van der Waals surface area (Å²) in [6, 6.07) is 13.1. The van der Waals surface area contributed by atoms with Crippen LogP contribution in [0.25, 0.3) is 0 Å². The van der Waals surface area contributed by atoms with Crippen LogP contribution in [0, 0.1) is 12.3 Å². The molecular formula is C22H26N2O3. The standard InChI is InChI=1S/C22H26N2O3/c1-4-16-8-6-7-15(3)19(16)24-21(26)22(13-14-22)20(25)23-17-9-11-18(12-10-17)27-5-2/h6-12H,4-5,13-14H2,1-3H3,(H,23,25)(H,24,26). The van der Waals surface area contributed by atoms with Crippen LogP contribution in [0.2, 0.25) is 0 Å². The Balaban J connectivity index is 1.71. The number of hydrogen-bond acceptors (Lipinski definition) is 3. The lowest BCUT2D eigenvalue weighted by molar-refractivity contribution is -0.131. The molecule has 2 N–H and O–H groups in total. The fraction of sp³-hybridized carbons (Fsp3) is 0.364. The third-order valence-electron chi connectivity index (χ3n) is 5.02. The van der Waals surface area contributed by atoms with Gasteiger partial charge in [-0.3, -0.25) is 9.59 Å². The van der Waals surface area contributed by atoms with Gasteiger partial charge in [-0.05, 0) is 68.5 Å². The Morgan fingerprint density at radius 3 is 2.26 bits per heavy atom. The number of nitrogens with one attached hydrogen (secondary N) is 2. The van der Waals surface area contributed by atoms with Crippen LogP contribution in [0.15, 0.2) is 42.5 Å². The normalized spacial score (nSPS) is 14.3. The van der Waals surface area contributed by atoms with E-state index in [1.807, 2.05) is 32.0 Å². The van der Waals surface area contributed by atoms with E-state index >= 15 is 0 Å². The summed E-state index contributed by atoms with van der Waals surface area (Å²) in [6.45, 7) is 6.53. The van der Waals surface area contributed by atoms with Crippen LogP contribution in [0.3, 0.4) is 0 Å². The van der Waals surface area contributed by atoms with Gasteiger partial charge in [0.25, 0.3) is 0 Å². The molecule has 5 nitrogen and oxygen atoms in total. The van der Waals surface area contributed by atoms with Gasteiger partial charge in [0.1, 0.15) is 11.2 Å². The van der Waals surface area contributed by atoms with Crippen LogP contribution in [-0.2, 0) is 16.0 Å². The van der Waals surface area contributed by atoms with Crippen molar-refractivity contribution in [1.29, 1.82) is 0 Å². The van der Waals surface area contributed by atoms with Crippen molar-refractivity contribution in [2.45, 2.75) is 40.0 Å². The zero-order valence-electron chi connectivity index (χ0n) is 16.1. The number of carbonyl (C=O) groups is 2. The van der Waals surface area contributed by atoms with Crippen LogP contribution >= 0.6 is 0 Å². The first-order valence-corrected chi connectivity index (χ1v) is 9.44. The predicted molar refractivity (Wildman–Crippen MR) is 107 cm³/mol. The first-order chi connectivity index (χ1) is 13.0. The molecule has 5 heteroatoms. The molecule has 0 heterocycles. The van der Waals surface area contributed by atoms with E-state index in [-0.39, 0.29) is 11.8 Å². The zero-order chi connectivity index (χ0) is 19.4. The molecule has 0 atom stereocenters. The highest BCUT2D eigenvalue weighted by atomic mass is 16.5. The molecule has 27 heavy (non-hydrogen) atoms. The van der Waals surface area contributed by atoms with Gasteiger partial charge in [-0.25, -0.2) is 0 Å². The minimum Gasteiger partial charge on any atom is -0.494 e. The summed E-state index contributed by atoms with van der Waals surface area (Å²) < 4.78 is 5.41. The van der Waals surface area contributed by atoms with Crippen molar-refractivity contribution >= 4 is 23.2 Å². The number of anilines is 2. The molecular weight excluding hydrogens is 340 g/mol. The number of rotatable bonds is 7. The SMILES string of the molecule is CCOc1ccc(NC(=O)C2(C(=O)Nc3c(C)cccc3CC)CC2)cc1. The molecule has 0 saturated heterocycles. The molecule has 0 spiro atoms. The molecule has 0 unspecified atom stereocenters. The maximum Gasteiger partial charge on any atom is 0.240 e. The van der Waals surface area contributed by atoms with Gasteiger partial charge < -0.3 is 15.4 Å². The zero-order valence-corrected chi connectivity index (χ0v) is 16.1. The number of ether oxygens (including phenoxy) is 1. The van der Waals surface area contributed by atoms with E-state index in [1.54, 1.807) is 24.3 Å². The van der Waals surface area contributed by atoms with Gasteiger partial charge in [-0.15, -0.1) is 0 Å². The van der Waals surface area contributed by atoms with E-state index in [0.29, 0.717) is 25.1 Å². The van der Waals surface area contributed by atoms with E-state index < -0.39 is 5.41 Å². The molecule has 2 aromatic carbocycles. The molecule has 142 valence electrons. The second-order valence-corrected chi connectivity index (χ2v) is 6.91. The highest BCUT2D eigenvalue weighted by molar-refractivity contribution is 6.17. The lowest BCUT2D eigenvalue weighted by Crippen LogP contribution is -2.36. The summed E-state index contributed by atoms with van der Waals surface area (Å²) in [5.41, 5.74) is 2.58. The highest BCUT2D eigenvalue weighted by Gasteiger charge is 2.56. The summed E-state index contributed by atoms with van der Waals surface area (Å²) in [4.78, 5) is 25.7. The van der Waals surface area contributed by atoms with E-state index in [9.17, 15) is 9.59 Å². The van der Waals surface area contributed by atoms with Crippen molar-refractivity contribution < 1.29 is 14.3 Å². The van der Waals surface area contributed by atoms with Crippen LogP contribution < -0.4 is 15.4 Å². The summed E-state index contributed by atoms with van der Waals surface area (Å²) in [6.07, 6.45) is 1.95. The highest BCUT2D eigenvalue weighted by Crippen LogP contribution is 2.47. The summed E-state index contributed by atoms with van der Waals surface area (Å²) in [5.74, 6) is 0.270. The van der Waals surface area contributed by atoms with Gasteiger partial charge in [-0.2, -0.15) is 0 Å². The average molecular weight is 366 g/mol. The number of aryl methyl sites for hydroxylation is 2. The molecule has 1 aliphatic rings. The fourth-order valence-electron chi connectivity index (χ4n) is 3.17. The fourth-order valence-corrected chi connectivity index (χ4v) is 3.17. The monoisotopic (exact) mass is 366 g/mol. The van der Waals surface area contributed by atoms with Gasteiger partial charge in [0.2, 0.25) is 11.8 Å². The van der Waals surface area contributed by atoms with Crippen molar-refractivity contribution in [3.63, 3.8) is 0 Å². The molecule has 0 aromatic heterocycles. The van der Waals surface area contributed by atoms with E-state index in [1.165, 1.54) is 0 Å². The summed E-state index contributed by atoms with van der Waals surface area (Å²) in [5, 5.41) is 5.87. The first kappa shape index (κ1) is 19.0. The Morgan fingerprint density at radius 1 is 1.00 bits per heavy atom. The minimum absolute atomic E-state index is 0.227. The van der Waals surface area contributed by atoms with E-state index in [2.05, 4.69) is 17.6 Å². The molecule has 3 rings (SSSR count). The smallest absolute Gasteiger partial charge is 0.240 e. The molecule has 2 amide bonds. The van der Waals surface area contributed by atoms with Crippen molar-refractivity contribution in [2.75, 3.05) is 17.2 Å². The second-order valence-electron chi connectivity index (χ2n) is 6.91. The minimum atomic E-state index is -0.980. The summed E-state index contributed by atoms with van der Waals surface area (Å²) >= 11 is 0. The van der Waals surface area contributed by atoms with Gasteiger partial charge >= 0.3 is 0 Å². The Bertz CT molecular complexity index is 839. The Morgan fingerprint density at radius 2 is 1.67 bits per heavy atom. The third kappa shape index (κ3) is 3.97. The Hall–Kier alpha value is -2.82. The predicted octanol–water partition coefficient (Wildman–Crippen LogP) is 4.31. The van der Waals surface area contributed by atoms with Crippen LogP contribution in [0.4, 0.5) is 11.4 Å². The number of amides is 2. The maximum atomic E-state index is 12.9. The van der Waals surface area contributed by atoms with Crippen molar-refractivity contribution in [3.05, 3.63) is 53.6 Å². The maximum absolute atomic E-state index is 12.9. The molecule has 0 aliphatic heterocycles. The molecule has 0 bridgehead atoms. The van der Waals surface area contributed by atoms with Crippen molar-refractivity contribution in [1.82, 2.24) is 0 Å². The molecule has 2 aromatic rings. The number of benzene rings is 2. The van der Waals surface area contributed by atoms with E-state index in [0.717, 1.165) is 29.0 Å². The molecule has 1 saturated carbocycles. The lowest BCUT2D eigenvalue weighted by atomic mass is 10.0. The third-order valence-corrected chi connectivity index (χ3v) is 5.02. The number of hydrogen-bond donors (Lipinski definition) is 2. The molecule has 1 fully saturated rings. The topological polar surface area (TPSA) is 67.4 Å². The van der Waals surface area contributed by atoms with Gasteiger partial charge in [0, 0.05) is 11.4 Å². The van der Waals surface area contributed by atoms with Crippen molar-refractivity contribution in [2.24, 2.45) is 5.41 Å². The quantitative estimate of drug-likeness (QED) is 0.718. The number of para-hydroxylation sites is 1. The second kappa shape index (κ2) is 7.82. The van der Waals surface area contributed by atoms with E-state index in [4.69, 9.17) is 4.74 Å².